The predicted molar refractivity (Wildman–Crippen MR) is 69.1 cm³/mol. The number of hydrogen-bond donors (Lipinski definition) is 0. The minimum absolute atomic E-state index is 0.523. The van der Waals surface area contributed by atoms with E-state index in [2.05, 4.69) is 19.6 Å². The summed E-state index contributed by atoms with van der Waals surface area (Å²) in [5.74, 6) is 0. The molecule has 4 nitrogen and oxygen atoms in total. The maximum atomic E-state index is 12.6. The molecule has 0 spiro atoms. The van der Waals surface area contributed by atoms with Crippen LogP contribution in [0.2, 0.25) is 19.6 Å². The second-order valence-electron chi connectivity index (χ2n) is 5.46. The SMILES string of the molecule is CN(C)CP(=O)(CN(C)C)O[Si](C)(C)C. The Balaban J connectivity index is 4.63. The van der Waals surface area contributed by atoms with Gasteiger partial charge < -0.3 is 14.0 Å². The van der Waals surface area contributed by atoms with Crippen molar-refractivity contribution < 1.29 is 8.78 Å². The van der Waals surface area contributed by atoms with E-state index in [9.17, 15) is 4.57 Å². The van der Waals surface area contributed by atoms with Crippen LogP contribution in [0.5, 0.6) is 0 Å². The summed E-state index contributed by atoms with van der Waals surface area (Å²) in [5.41, 5.74) is 0. The van der Waals surface area contributed by atoms with Crippen molar-refractivity contribution in [2.24, 2.45) is 0 Å². The quantitative estimate of drug-likeness (QED) is 0.536. The van der Waals surface area contributed by atoms with Gasteiger partial charge in [0.15, 0.2) is 8.32 Å². The van der Waals surface area contributed by atoms with Crippen molar-refractivity contribution >= 4 is 15.7 Å². The largest absolute Gasteiger partial charge is 0.368 e. The van der Waals surface area contributed by atoms with Crippen LogP contribution in [0.3, 0.4) is 0 Å². The first kappa shape index (κ1) is 15.3. The highest BCUT2D eigenvalue weighted by Gasteiger charge is 2.31. The first-order valence-corrected chi connectivity index (χ1v) is 10.5. The summed E-state index contributed by atoms with van der Waals surface area (Å²) in [7, 11) is 3.42. The molecule has 0 saturated carbocycles. The van der Waals surface area contributed by atoms with Crippen molar-refractivity contribution in [3.05, 3.63) is 0 Å². The van der Waals surface area contributed by atoms with Gasteiger partial charge in [-0.05, 0) is 47.8 Å². The minimum atomic E-state index is -2.54. The lowest BCUT2D eigenvalue weighted by Gasteiger charge is -2.30. The van der Waals surface area contributed by atoms with Crippen LogP contribution >= 0.6 is 7.37 Å². The summed E-state index contributed by atoms with van der Waals surface area (Å²) in [6, 6.07) is 0. The van der Waals surface area contributed by atoms with Crippen LogP contribution in [0.1, 0.15) is 0 Å². The Bertz CT molecular complexity index is 225. The molecule has 0 aliphatic rings. The normalized spacial score (nSPS) is 13.9. The van der Waals surface area contributed by atoms with Crippen molar-refractivity contribution in [3.8, 4) is 0 Å². The van der Waals surface area contributed by atoms with E-state index in [-0.39, 0.29) is 0 Å². The van der Waals surface area contributed by atoms with E-state index in [0.717, 1.165) is 0 Å². The van der Waals surface area contributed by atoms with E-state index in [1.54, 1.807) is 0 Å². The summed E-state index contributed by atoms with van der Waals surface area (Å²) in [6.45, 7) is 6.22. The fraction of sp³-hybridized carbons (Fsp3) is 1.00. The van der Waals surface area contributed by atoms with Crippen molar-refractivity contribution in [2.75, 3.05) is 40.8 Å². The lowest BCUT2D eigenvalue weighted by Crippen LogP contribution is -2.30. The van der Waals surface area contributed by atoms with Crippen LogP contribution in [0.15, 0.2) is 0 Å². The molecule has 0 aromatic rings. The molecule has 0 bridgehead atoms. The Kier molecular flexibility index (Phi) is 5.72. The van der Waals surface area contributed by atoms with Gasteiger partial charge in [-0.3, -0.25) is 4.57 Å². The zero-order valence-corrected chi connectivity index (χ0v) is 13.0. The average Bonchev–Trinajstić information content (AvgIpc) is 1.73. The van der Waals surface area contributed by atoms with Gasteiger partial charge in [0.2, 0.25) is 7.37 Å². The molecule has 0 fully saturated rings. The Hall–Kier alpha value is 0.327. The highest BCUT2D eigenvalue weighted by atomic mass is 31.2. The van der Waals surface area contributed by atoms with Gasteiger partial charge in [-0.15, -0.1) is 0 Å². The standard InChI is InChI=1S/C9H25N2O2PSi/c1-10(2)8-14(12,9-11(3)4)13-15(5,6)7/h8-9H2,1-7H3. The van der Waals surface area contributed by atoms with Crippen molar-refractivity contribution in [2.45, 2.75) is 19.6 Å². The van der Waals surface area contributed by atoms with Crippen LogP contribution in [-0.2, 0) is 8.78 Å². The van der Waals surface area contributed by atoms with E-state index in [0.29, 0.717) is 12.6 Å². The fourth-order valence-electron chi connectivity index (χ4n) is 1.46. The smallest absolute Gasteiger partial charge is 0.220 e. The van der Waals surface area contributed by atoms with Gasteiger partial charge in [0, 0.05) is 0 Å². The molecule has 0 aliphatic carbocycles. The summed E-state index contributed by atoms with van der Waals surface area (Å²) in [5, 5.41) is 0. The zero-order valence-electron chi connectivity index (χ0n) is 11.1. The monoisotopic (exact) mass is 252 g/mol. The second-order valence-corrected chi connectivity index (χ2v) is 12.6. The maximum absolute atomic E-state index is 12.6. The van der Waals surface area contributed by atoms with Crippen LogP contribution in [0, 0.1) is 0 Å². The molecule has 0 unspecified atom stereocenters. The van der Waals surface area contributed by atoms with Gasteiger partial charge in [0.25, 0.3) is 0 Å². The molecule has 0 aromatic carbocycles. The third-order valence-corrected chi connectivity index (χ3v) is 6.95. The molecule has 6 heteroatoms. The van der Waals surface area contributed by atoms with Gasteiger partial charge in [-0.25, -0.2) is 0 Å². The summed E-state index contributed by atoms with van der Waals surface area (Å²) < 4.78 is 18.4. The molecule has 0 aliphatic heterocycles. The average molecular weight is 252 g/mol. The summed E-state index contributed by atoms with van der Waals surface area (Å²) >= 11 is 0. The van der Waals surface area contributed by atoms with E-state index >= 15 is 0 Å². The topological polar surface area (TPSA) is 32.8 Å². The highest BCUT2D eigenvalue weighted by Crippen LogP contribution is 2.49. The van der Waals surface area contributed by atoms with Gasteiger partial charge in [0.05, 0.1) is 12.6 Å². The van der Waals surface area contributed by atoms with Crippen LogP contribution in [0.25, 0.3) is 0 Å². The molecule has 0 rings (SSSR count). The van der Waals surface area contributed by atoms with E-state index in [1.807, 2.05) is 38.0 Å². The number of hydrogen-bond acceptors (Lipinski definition) is 4. The van der Waals surface area contributed by atoms with Gasteiger partial charge in [-0.1, -0.05) is 0 Å². The maximum Gasteiger partial charge on any atom is 0.220 e. The van der Waals surface area contributed by atoms with E-state index < -0.39 is 15.7 Å². The van der Waals surface area contributed by atoms with Crippen LogP contribution in [0.4, 0.5) is 0 Å². The van der Waals surface area contributed by atoms with E-state index in [4.69, 9.17) is 4.21 Å². The molecule has 0 saturated heterocycles. The van der Waals surface area contributed by atoms with Crippen LogP contribution in [-0.4, -0.2) is 58.9 Å². The Morgan fingerprint density at radius 3 is 1.53 bits per heavy atom. The molecule has 0 radical (unpaired) electrons. The molecule has 15 heavy (non-hydrogen) atoms. The molecule has 0 atom stereocenters. The molecular weight excluding hydrogens is 227 g/mol. The van der Waals surface area contributed by atoms with Crippen molar-refractivity contribution in [3.63, 3.8) is 0 Å². The van der Waals surface area contributed by atoms with Gasteiger partial charge in [0.1, 0.15) is 0 Å². The summed E-state index contributed by atoms with van der Waals surface area (Å²) in [4.78, 5) is 3.87. The molecule has 0 N–H and O–H groups in total. The Labute approximate surface area is 95.2 Å². The predicted octanol–water partition coefficient (Wildman–Crippen LogP) is 2.15. The lowest BCUT2D eigenvalue weighted by molar-refractivity contribution is 0.384. The molecule has 92 valence electrons. The summed E-state index contributed by atoms with van der Waals surface area (Å²) in [6.07, 6.45) is 1.05. The molecular formula is C9H25N2O2PSi. The number of nitrogens with zero attached hydrogens (tertiary/aromatic N) is 2. The van der Waals surface area contributed by atoms with Gasteiger partial charge in [-0.2, -0.15) is 0 Å². The third kappa shape index (κ3) is 8.17. The number of rotatable bonds is 6. The Morgan fingerprint density at radius 1 is 1.00 bits per heavy atom. The van der Waals surface area contributed by atoms with E-state index in [1.165, 1.54) is 0 Å². The van der Waals surface area contributed by atoms with Crippen molar-refractivity contribution in [1.82, 2.24) is 9.80 Å². The second kappa shape index (κ2) is 5.59. The van der Waals surface area contributed by atoms with Crippen molar-refractivity contribution in [1.29, 1.82) is 0 Å². The zero-order chi connectivity index (χ0) is 12.3. The van der Waals surface area contributed by atoms with Crippen LogP contribution < -0.4 is 0 Å². The first-order valence-electron chi connectivity index (χ1n) is 5.12. The third-order valence-electron chi connectivity index (χ3n) is 1.44. The first-order chi connectivity index (χ1) is 6.54. The highest BCUT2D eigenvalue weighted by molar-refractivity contribution is 7.60. The molecule has 0 amide bonds. The minimum Gasteiger partial charge on any atom is -0.368 e. The Morgan fingerprint density at radius 2 is 1.33 bits per heavy atom. The van der Waals surface area contributed by atoms with Gasteiger partial charge >= 0.3 is 0 Å². The molecule has 0 aromatic heterocycles. The fourth-order valence-corrected chi connectivity index (χ4v) is 7.73. The lowest BCUT2D eigenvalue weighted by atomic mass is 11.0. The molecule has 0 heterocycles.